The van der Waals surface area contributed by atoms with E-state index in [9.17, 15) is 23.5 Å². The summed E-state index contributed by atoms with van der Waals surface area (Å²) in [6.07, 6.45) is 0.583. The molecule has 0 aliphatic rings. The normalized spacial score (nSPS) is 12.6. The minimum atomic E-state index is -1.07. The smallest absolute Gasteiger partial charge is 0.253 e. The summed E-state index contributed by atoms with van der Waals surface area (Å²) in [7, 11) is 0. The number of nitrogens with one attached hydrogen (secondary N) is 2. The van der Waals surface area contributed by atoms with Gasteiger partial charge in [0.05, 0.1) is 12.1 Å². The Labute approximate surface area is 254 Å². The summed E-state index contributed by atoms with van der Waals surface area (Å²) in [6.45, 7) is 7.71. The van der Waals surface area contributed by atoms with Gasteiger partial charge < -0.3 is 20.6 Å². The molecule has 41 heavy (non-hydrogen) atoms. The van der Waals surface area contributed by atoms with E-state index in [4.69, 9.17) is 0 Å². The van der Waals surface area contributed by atoms with Gasteiger partial charge in [-0.05, 0) is 108 Å². The lowest BCUT2D eigenvalue weighted by molar-refractivity contribution is 0.0755. The fraction of sp³-hybridized carbons (Fsp3) is 0.375. The van der Waals surface area contributed by atoms with Crippen molar-refractivity contribution >= 4 is 34.4 Å². The van der Waals surface area contributed by atoms with Gasteiger partial charge in [-0.15, -0.1) is 0 Å². The molecule has 0 fully saturated rings. The van der Waals surface area contributed by atoms with Crippen LogP contribution < -0.4 is 10.6 Å². The maximum absolute atomic E-state index is 13.9. The summed E-state index contributed by atoms with van der Waals surface area (Å²) < 4.78 is 28.9. The lowest BCUT2D eigenvalue weighted by atomic mass is 9.99. The van der Waals surface area contributed by atoms with Crippen LogP contribution in [0.2, 0.25) is 0 Å². The molecule has 9 heteroatoms. The molecule has 0 unspecified atom stereocenters. The van der Waals surface area contributed by atoms with Crippen molar-refractivity contribution < 1.29 is 23.5 Å². The number of amides is 2. The molecule has 6 nitrogen and oxygen atoms in total. The SMILES string of the molecule is CCCN(CCC)C(=O)c1cc(C)cc(C(=O)N[C@@H](Cc2cc(F)cc(F)c2)[C@H](O)CNCc2cccc(I)c2)c1. The molecule has 3 rings (SSSR count). The fourth-order valence-corrected chi connectivity index (χ4v) is 5.35. The van der Waals surface area contributed by atoms with Gasteiger partial charge in [0.1, 0.15) is 11.6 Å². The standard InChI is InChI=1S/C32H38F2IN3O3/c1-4-9-38(10-5-2)32(41)25-12-21(3)11-24(17-25)31(40)37-29(16-23-13-26(33)18-27(34)14-23)30(39)20-36-19-22-7-6-8-28(35)15-22/h6-8,11-15,17-18,29-30,36,39H,4-5,9-10,16,19-20H2,1-3H3,(H,37,40)/t29-,30+/m0/s1. The van der Waals surface area contributed by atoms with Crippen LogP contribution in [0.1, 0.15) is 64.1 Å². The summed E-state index contributed by atoms with van der Waals surface area (Å²) in [5, 5.41) is 17.1. The first-order valence-corrected chi connectivity index (χ1v) is 15.0. The van der Waals surface area contributed by atoms with Crippen molar-refractivity contribution in [2.24, 2.45) is 0 Å². The van der Waals surface area contributed by atoms with Crippen molar-refractivity contribution in [3.63, 3.8) is 0 Å². The van der Waals surface area contributed by atoms with E-state index >= 15 is 0 Å². The Balaban J connectivity index is 1.81. The quantitative estimate of drug-likeness (QED) is 0.193. The molecule has 3 aromatic rings. The zero-order valence-electron chi connectivity index (χ0n) is 23.7. The summed E-state index contributed by atoms with van der Waals surface area (Å²) in [5.74, 6) is -2.10. The predicted molar refractivity (Wildman–Crippen MR) is 166 cm³/mol. The van der Waals surface area contributed by atoms with Gasteiger partial charge in [0.15, 0.2) is 0 Å². The molecular formula is C32H38F2IN3O3. The summed E-state index contributed by atoms with van der Waals surface area (Å²) in [5.41, 5.74) is 2.78. The third-order valence-electron chi connectivity index (χ3n) is 6.59. The Kier molecular flexibility index (Phi) is 12.7. The van der Waals surface area contributed by atoms with E-state index in [0.29, 0.717) is 30.8 Å². The highest BCUT2D eigenvalue weighted by Crippen LogP contribution is 2.16. The number of benzene rings is 3. The third-order valence-corrected chi connectivity index (χ3v) is 7.26. The molecule has 220 valence electrons. The second-order valence-corrected chi connectivity index (χ2v) is 11.5. The van der Waals surface area contributed by atoms with E-state index in [1.165, 1.54) is 12.1 Å². The van der Waals surface area contributed by atoms with E-state index in [2.05, 4.69) is 33.2 Å². The van der Waals surface area contributed by atoms with Gasteiger partial charge in [0.25, 0.3) is 11.8 Å². The van der Waals surface area contributed by atoms with E-state index in [0.717, 1.165) is 33.6 Å². The second kappa shape index (κ2) is 15.9. The minimum absolute atomic E-state index is 0.00484. The van der Waals surface area contributed by atoms with Crippen LogP contribution in [0.15, 0.2) is 60.7 Å². The molecule has 3 aromatic carbocycles. The number of carbonyl (C=O) groups is 2. The Hall–Kier alpha value is -2.89. The monoisotopic (exact) mass is 677 g/mol. The van der Waals surface area contributed by atoms with Crippen LogP contribution in [-0.2, 0) is 13.0 Å². The first kappa shape index (κ1) is 32.6. The minimum Gasteiger partial charge on any atom is -0.390 e. The number of rotatable bonds is 14. The zero-order chi connectivity index (χ0) is 29.9. The highest BCUT2D eigenvalue weighted by Gasteiger charge is 2.24. The number of hydrogen-bond donors (Lipinski definition) is 3. The fourth-order valence-electron chi connectivity index (χ4n) is 4.75. The maximum Gasteiger partial charge on any atom is 0.253 e. The topological polar surface area (TPSA) is 81.7 Å². The maximum atomic E-state index is 13.9. The van der Waals surface area contributed by atoms with Crippen molar-refractivity contribution in [1.82, 2.24) is 15.5 Å². The third kappa shape index (κ3) is 10.2. The lowest BCUT2D eigenvalue weighted by Crippen LogP contribution is -2.48. The average molecular weight is 678 g/mol. The largest absolute Gasteiger partial charge is 0.390 e. The molecule has 0 radical (unpaired) electrons. The number of aliphatic hydroxyl groups excluding tert-OH is 1. The molecule has 3 N–H and O–H groups in total. The molecular weight excluding hydrogens is 639 g/mol. The van der Waals surface area contributed by atoms with Gasteiger partial charge in [0.2, 0.25) is 0 Å². The van der Waals surface area contributed by atoms with Gasteiger partial charge >= 0.3 is 0 Å². The van der Waals surface area contributed by atoms with E-state index in [-0.39, 0.29) is 24.4 Å². The van der Waals surface area contributed by atoms with Crippen LogP contribution >= 0.6 is 22.6 Å². The first-order valence-electron chi connectivity index (χ1n) is 13.9. The first-order chi connectivity index (χ1) is 19.6. The van der Waals surface area contributed by atoms with E-state index in [1.807, 2.05) is 45.0 Å². The van der Waals surface area contributed by atoms with Crippen LogP contribution in [-0.4, -0.2) is 53.6 Å². The summed E-state index contributed by atoms with van der Waals surface area (Å²) in [6, 6.07) is 15.2. The van der Waals surface area contributed by atoms with Gasteiger partial charge in [-0.2, -0.15) is 0 Å². The number of nitrogens with zero attached hydrogens (tertiary/aromatic N) is 1. The molecule has 0 heterocycles. The number of aryl methyl sites for hydroxylation is 1. The molecule has 0 aliphatic heterocycles. The van der Waals surface area contributed by atoms with Crippen LogP contribution in [0.3, 0.4) is 0 Å². The molecule has 0 saturated heterocycles. The molecule has 0 saturated carbocycles. The highest BCUT2D eigenvalue weighted by atomic mass is 127. The van der Waals surface area contributed by atoms with Crippen molar-refractivity contribution in [3.05, 3.63) is 104 Å². The van der Waals surface area contributed by atoms with Gasteiger partial charge in [-0.25, -0.2) is 8.78 Å². The molecule has 0 bridgehead atoms. The van der Waals surface area contributed by atoms with Crippen molar-refractivity contribution in [2.45, 2.75) is 58.7 Å². The molecule has 2 amide bonds. The van der Waals surface area contributed by atoms with Gasteiger partial charge in [0, 0.05) is 46.9 Å². The number of hydrogen-bond acceptors (Lipinski definition) is 4. The van der Waals surface area contributed by atoms with Crippen LogP contribution in [0.4, 0.5) is 8.78 Å². The van der Waals surface area contributed by atoms with Gasteiger partial charge in [-0.3, -0.25) is 9.59 Å². The van der Waals surface area contributed by atoms with E-state index < -0.39 is 29.7 Å². The highest BCUT2D eigenvalue weighted by molar-refractivity contribution is 14.1. The van der Waals surface area contributed by atoms with Crippen molar-refractivity contribution in [1.29, 1.82) is 0 Å². The molecule has 0 aliphatic carbocycles. The predicted octanol–water partition coefficient (Wildman–Crippen LogP) is 5.63. The summed E-state index contributed by atoms with van der Waals surface area (Å²) in [4.78, 5) is 28.4. The number of halogens is 3. The molecule has 0 aromatic heterocycles. The average Bonchev–Trinajstić information content (AvgIpc) is 2.91. The van der Waals surface area contributed by atoms with E-state index in [1.54, 1.807) is 23.1 Å². The molecule has 2 atom stereocenters. The van der Waals surface area contributed by atoms with Crippen LogP contribution in [0.25, 0.3) is 0 Å². The Morgan fingerprint density at radius 1 is 0.927 bits per heavy atom. The lowest BCUT2D eigenvalue weighted by Gasteiger charge is -2.25. The van der Waals surface area contributed by atoms with Crippen LogP contribution in [0.5, 0.6) is 0 Å². The number of carbonyl (C=O) groups excluding carboxylic acids is 2. The Morgan fingerprint density at radius 3 is 2.22 bits per heavy atom. The summed E-state index contributed by atoms with van der Waals surface area (Å²) >= 11 is 2.23. The van der Waals surface area contributed by atoms with Gasteiger partial charge in [-0.1, -0.05) is 26.0 Å². The zero-order valence-corrected chi connectivity index (χ0v) is 25.9. The van der Waals surface area contributed by atoms with Crippen LogP contribution in [0, 0.1) is 22.1 Å². The Morgan fingerprint density at radius 2 is 1.59 bits per heavy atom. The second-order valence-electron chi connectivity index (χ2n) is 10.3. The Bertz CT molecular complexity index is 1310. The number of aliphatic hydroxyl groups is 1. The molecule has 0 spiro atoms. The van der Waals surface area contributed by atoms with Crippen molar-refractivity contribution in [3.8, 4) is 0 Å². The van der Waals surface area contributed by atoms with Crippen molar-refractivity contribution in [2.75, 3.05) is 19.6 Å².